The molecule has 1 N–H and O–H groups in total. The van der Waals surface area contributed by atoms with Crippen LogP contribution in [0.5, 0.6) is 5.75 Å². The van der Waals surface area contributed by atoms with Crippen LogP contribution in [-0.4, -0.2) is 25.3 Å². The van der Waals surface area contributed by atoms with Gasteiger partial charge in [-0.05, 0) is 43.2 Å². The first-order valence-corrected chi connectivity index (χ1v) is 9.82. The summed E-state index contributed by atoms with van der Waals surface area (Å²) >= 11 is 1.55. The van der Waals surface area contributed by atoms with Crippen molar-refractivity contribution in [1.29, 1.82) is 0 Å². The normalized spacial score (nSPS) is 11.9. The third kappa shape index (κ3) is 3.58. The number of aryl methyl sites for hydroxylation is 1. The van der Waals surface area contributed by atoms with Crippen LogP contribution >= 0.6 is 11.3 Å². The van der Waals surface area contributed by atoms with Crippen molar-refractivity contribution < 1.29 is 17.7 Å². The number of hydrogen-bond donors (Lipinski definition) is 1. The lowest BCUT2D eigenvalue weighted by Gasteiger charge is -2.10. The number of ether oxygens (including phenoxy) is 1. The second-order valence-corrected chi connectivity index (χ2v) is 8.19. The molecule has 0 unspecified atom stereocenters. The van der Waals surface area contributed by atoms with Gasteiger partial charge in [-0.3, -0.25) is 9.35 Å². The minimum absolute atomic E-state index is 0.0397. The van der Waals surface area contributed by atoms with Crippen LogP contribution in [0.1, 0.15) is 12.0 Å². The molecule has 0 bridgehead atoms. The summed E-state index contributed by atoms with van der Waals surface area (Å²) in [7, 11) is -3.98. The van der Waals surface area contributed by atoms with Crippen LogP contribution in [-0.2, 0) is 10.1 Å². The molecular weight excluding hydrogens is 348 g/mol. The summed E-state index contributed by atoms with van der Waals surface area (Å²) in [5.41, 5.74) is 0.836. The number of hydrogen-bond acceptors (Lipinski definition) is 5. The maximum atomic E-state index is 12.7. The summed E-state index contributed by atoms with van der Waals surface area (Å²) in [6.45, 7) is 2.03. The average Bonchev–Trinajstić information content (AvgIpc) is 2.51. The van der Waals surface area contributed by atoms with Crippen molar-refractivity contribution in [3.63, 3.8) is 0 Å². The van der Waals surface area contributed by atoms with Crippen LogP contribution in [0.25, 0.3) is 20.2 Å². The lowest BCUT2D eigenvalue weighted by Crippen LogP contribution is -2.09. The standard InChI is InChI=1S/C17H16O5S2/c1-11-9-16-13(10-14(11)22-7-4-8-24(19,20)21)17(18)12-5-2-3-6-15(12)23-16/h2-3,5-6,9-10H,4,7-8H2,1H3,(H,19,20,21). The highest BCUT2D eigenvalue weighted by Gasteiger charge is 2.10. The quantitative estimate of drug-likeness (QED) is 0.426. The van der Waals surface area contributed by atoms with Crippen LogP contribution in [0.4, 0.5) is 0 Å². The minimum Gasteiger partial charge on any atom is -0.493 e. The van der Waals surface area contributed by atoms with E-state index in [1.807, 2.05) is 31.2 Å². The van der Waals surface area contributed by atoms with Gasteiger partial charge in [0.15, 0.2) is 5.43 Å². The molecular formula is C17H16O5S2. The molecule has 1 aromatic heterocycles. The second kappa shape index (κ2) is 6.51. The zero-order valence-corrected chi connectivity index (χ0v) is 14.6. The molecule has 24 heavy (non-hydrogen) atoms. The zero-order valence-electron chi connectivity index (χ0n) is 13.0. The van der Waals surface area contributed by atoms with E-state index in [0.29, 0.717) is 16.5 Å². The van der Waals surface area contributed by atoms with Crippen molar-refractivity contribution in [1.82, 2.24) is 0 Å². The van der Waals surface area contributed by atoms with E-state index in [9.17, 15) is 13.2 Å². The first-order valence-electron chi connectivity index (χ1n) is 7.39. The molecule has 0 atom stereocenters. The smallest absolute Gasteiger partial charge is 0.264 e. The fourth-order valence-electron chi connectivity index (χ4n) is 2.51. The third-order valence-corrected chi connectivity index (χ3v) is 5.62. The van der Waals surface area contributed by atoms with Crippen molar-refractivity contribution >= 4 is 41.6 Å². The molecule has 0 radical (unpaired) electrons. The van der Waals surface area contributed by atoms with Crippen LogP contribution in [0, 0.1) is 6.92 Å². The predicted octanol–water partition coefficient (Wildman–Crippen LogP) is 3.38. The van der Waals surface area contributed by atoms with Gasteiger partial charge in [0.1, 0.15) is 5.75 Å². The topological polar surface area (TPSA) is 80.7 Å². The Morgan fingerprint density at radius 2 is 1.88 bits per heavy atom. The van der Waals surface area contributed by atoms with Gasteiger partial charge in [0, 0.05) is 20.2 Å². The molecule has 0 saturated carbocycles. The van der Waals surface area contributed by atoms with E-state index in [4.69, 9.17) is 9.29 Å². The molecule has 2 aromatic carbocycles. The molecule has 126 valence electrons. The lowest BCUT2D eigenvalue weighted by molar-refractivity contribution is 0.314. The maximum absolute atomic E-state index is 12.7. The minimum atomic E-state index is -3.98. The van der Waals surface area contributed by atoms with Gasteiger partial charge < -0.3 is 4.74 Å². The molecule has 0 aliphatic carbocycles. The Kier molecular flexibility index (Phi) is 4.58. The SMILES string of the molecule is Cc1cc2sc3ccccc3c(=O)c2cc1OCCCS(=O)(=O)O. The van der Waals surface area contributed by atoms with Gasteiger partial charge in [-0.25, -0.2) is 0 Å². The Morgan fingerprint density at radius 1 is 1.12 bits per heavy atom. The highest BCUT2D eigenvalue weighted by Crippen LogP contribution is 2.30. The van der Waals surface area contributed by atoms with Crippen molar-refractivity contribution in [2.45, 2.75) is 13.3 Å². The number of fused-ring (bicyclic) bond motifs is 2. The van der Waals surface area contributed by atoms with E-state index >= 15 is 0 Å². The van der Waals surface area contributed by atoms with Gasteiger partial charge in [-0.1, -0.05) is 12.1 Å². The largest absolute Gasteiger partial charge is 0.493 e. The van der Waals surface area contributed by atoms with Gasteiger partial charge in [0.05, 0.1) is 12.4 Å². The molecule has 3 aromatic rings. The van der Waals surface area contributed by atoms with E-state index < -0.39 is 10.1 Å². The first kappa shape index (κ1) is 16.9. The van der Waals surface area contributed by atoms with E-state index in [0.717, 1.165) is 15.0 Å². The second-order valence-electron chi connectivity index (χ2n) is 5.53. The third-order valence-electron chi connectivity index (χ3n) is 3.68. The summed E-state index contributed by atoms with van der Waals surface area (Å²) < 4.78 is 37.6. The number of rotatable bonds is 5. The highest BCUT2D eigenvalue weighted by molar-refractivity contribution is 7.85. The average molecular weight is 364 g/mol. The Labute approximate surface area is 143 Å². The van der Waals surface area contributed by atoms with Gasteiger partial charge in [-0.2, -0.15) is 8.42 Å². The zero-order chi connectivity index (χ0) is 17.3. The molecule has 1 heterocycles. The monoisotopic (exact) mass is 364 g/mol. The summed E-state index contributed by atoms with van der Waals surface area (Å²) in [4.78, 5) is 12.7. The Morgan fingerprint density at radius 3 is 2.62 bits per heavy atom. The van der Waals surface area contributed by atoms with Crippen molar-refractivity contribution in [3.05, 3.63) is 52.2 Å². The molecule has 7 heteroatoms. The van der Waals surface area contributed by atoms with Crippen molar-refractivity contribution in [2.24, 2.45) is 0 Å². The van der Waals surface area contributed by atoms with Gasteiger partial charge >= 0.3 is 0 Å². The summed E-state index contributed by atoms with van der Waals surface area (Å²) in [6.07, 6.45) is 0.181. The van der Waals surface area contributed by atoms with Gasteiger partial charge in [0.25, 0.3) is 10.1 Å². The van der Waals surface area contributed by atoms with Crippen molar-refractivity contribution in [2.75, 3.05) is 12.4 Å². The number of benzene rings is 2. The molecule has 3 rings (SSSR count). The van der Waals surface area contributed by atoms with E-state index in [2.05, 4.69) is 0 Å². The fourth-order valence-corrected chi connectivity index (χ4v) is 4.14. The van der Waals surface area contributed by atoms with E-state index in [-0.39, 0.29) is 24.2 Å². The van der Waals surface area contributed by atoms with Crippen LogP contribution in [0.3, 0.4) is 0 Å². The predicted molar refractivity (Wildman–Crippen MR) is 96.9 cm³/mol. The summed E-state index contributed by atoms with van der Waals surface area (Å²) in [5.74, 6) is 0.205. The molecule has 0 amide bonds. The fraction of sp³-hybridized carbons (Fsp3) is 0.235. The van der Waals surface area contributed by atoms with E-state index in [1.165, 1.54) is 0 Å². The van der Waals surface area contributed by atoms with Gasteiger partial charge in [0.2, 0.25) is 0 Å². The van der Waals surface area contributed by atoms with Crippen LogP contribution in [0.2, 0.25) is 0 Å². The van der Waals surface area contributed by atoms with Gasteiger partial charge in [-0.15, -0.1) is 11.3 Å². The lowest BCUT2D eigenvalue weighted by atomic mass is 10.1. The Bertz CT molecular complexity index is 1070. The summed E-state index contributed by atoms with van der Waals surface area (Å²) in [5, 5.41) is 1.27. The molecule has 0 fully saturated rings. The maximum Gasteiger partial charge on any atom is 0.264 e. The first-order chi connectivity index (χ1) is 11.3. The van der Waals surface area contributed by atoms with E-state index in [1.54, 1.807) is 23.5 Å². The van der Waals surface area contributed by atoms with Crippen LogP contribution in [0.15, 0.2) is 41.2 Å². The Hall–Kier alpha value is -1.96. The molecule has 0 aliphatic rings. The molecule has 0 saturated heterocycles. The molecule has 0 spiro atoms. The molecule has 0 aliphatic heterocycles. The Balaban J connectivity index is 1.95. The summed E-state index contributed by atoms with van der Waals surface area (Å²) in [6, 6.07) is 11.1. The van der Waals surface area contributed by atoms with Crippen molar-refractivity contribution in [3.8, 4) is 5.75 Å². The molecule has 5 nitrogen and oxygen atoms in total. The highest BCUT2D eigenvalue weighted by atomic mass is 32.2. The van der Waals surface area contributed by atoms with Crippen LogP contribution < -0.4 is 10.2 Å².